The number of carbonyl (C=O) groups is 1. The minimum absolute atomic E-state index is 0.0939. The lowest BCUT2D eigenvalue weighted by molar-refractivity contribution is -0.122. The summed E-state index contributed by atoms with van der Waals surface area (Å²) in [7, 11) is 3.53. The van der Waals surface area contributed by atoms with Gasteiger partial charge >= 0.3 is 0 Å². The van der Waals surface area contributed by atoms with E-state index < -0.39 is 0 Å². The molecule has 8 nitrogen and oxygen atoms in total. The SMILES string of the molecule is CN=C(NCC1CN2CCN1CC2)NC1CCN(CC(=O)NC)CC1. The molecule has 4 heterocycles. The summed E-state index contributed by atoms with van der Waals surface area (Å²) in [6.07, 6.45) is 2.09. The number of nitrogens with zero attached hydrogens (tertiary/aromatic N) is 4. The maximum atomic E-state index is 11.5. The van der Waals surface area contributed by atoms with Gasteiger partial charge in [0.05, 0.1) is 6.54 Å². The summed E-state index contributed by atoms with van der Waals surface area (Å²) in [4.78, 5) is 23.2. The number of likely N-dealkylation sites (N-methyl/N-ethyl adjacent to an activating group) is 1. The van der Waals surface area contributed by atoms with Gasteiger partial charge in [0, 0.05) is 78.5 Å². The molecule has 0 radical (unpaired) electrons. The normalized spacial score (nSPS) is 31.0. The third kappa shape index (κ3) is 5.05. The van der Waals surface area contributed by atoms with Gasteiger partial charge in [-0.1, -0.05) is 0 Å². The Hall–Kier alpha value is -1.38. The van der Waals surface area contributed by atoms with Gasteiger partial charge in [0.15, 0.2) is 5.96 Å². The van der Waals surface area contributed by atoms with Crippen LogP contribution in [0.15, 0.2) is 4.99 Å². The molecule has 4 saturated heterocycles. The Morgan fingerprint density at radius 2 is 1.84 bits per heavy atom. The van der Waals surface area contributed by atoms with Crippen LogP contribution in [-0.2, 0) is 4.79 Å². The van der Waals surface area contributed by atoms with Gasteiger partial charge < -0.3 is 16.0 Å². The summed E-state index contributed by atoms with van der Waals surface area (Å²) >= 11 is 0. The Labute approximate surface area is 151 Å². The van der Waals surface area contributed by atoms with Gasteiger partial charge in [0.1, 0.15) is 0 Å². The monoisotopic (exact) mass is 351 g/mol. The number of fused-ring (bicyclic) bond motifs is 3. The minimum Gasteiger partial charge on any atom is -0.358 e. The van der Waals surface area contributed by atoms with E-state index in [9.17, 15) is 4.79 Å². The van der Waals surface area contributed by atoms with Crippen molar-refractivity contribution in [3.8, 4) is 0 Å². The van der Waals surface area contributed by atoms with Gasteiger partial charge in [0.2, 0.25) is 5.91 Å². The van der Waals surface area contributed by atoms with E-state index in [1.807, 2.05) is 7.05 Å². The minimum atomic E-state index is 0.0939. The van der Waals surface area contributed by atoms with E-state index in [1.54, 1.807) is 7.05 Å². The maximum absolute atomic E-state index is 11.5. The zero-order valence-corrected chi connectivity index (χ0v) is 15.6. The zero-order valence-electron chi connectivity index (χ0n) is 15.6. The number of guanidine groups is 1. The Morgan fingerprint density at radius 3 is 2.40 bits per heavy atom. The highest BCUT2D eigenvalue weighted by Gasteiger charge is 2.31. The highest BCUT2D eigenvalue weighted by atomic mass is 16.1. The largest absolute Gasteiger partial charge is 0.358 e. The summed E-state index contributed by atoms with van der Waals surface area (Å²) in [5.74, 6) is 0.999. The van der Waals surface area contributed by atoms with Crippen LogP contribution in [0.1, 0.15) is 12.8 Å². The molecule has 0 aromatic rings. The van der Waals surface area contributed by atoms with E-state index >= 15 is 0 Å². The van der Waals surface area contributed by atoms with Gasteiger partial charge in [-0.2, -0.15) is 0 Å². The van der Waals surface area contributed by atoms with Gasteiger partial charge in [-0.25, -0.2) is 0 Å². The smallest absolute Gasteiger partial charge is 0.233 e. The summed E-state index contributed by atoms with van der Waals surface area (Å²) in [6, 6.07) is 1.02. The summed E-state index contributed by atoms with van der Waals surface area (Å²) in [6.45, 7) is 9.36. The molecule has 0 saturated carbocycles. The molecule has 4 fully saturated rings. The van der Waals surface area contributed by atoms with Crippen molar-refractivity contribution in [1.29, 1.82) is 0 Å². The van der Waals surface area contributed by atoms with Crippen molar-refractivity contribution in [1.82, 2.24) is 30.7 Å². The van der Waals surface area contributed by atoms with Crippen molar-refractivity contribution in [3.05, 3.63) is 0 Å². The fourth-order valence-electron chi connectivity index (χ4n) is 4.04. The van der Waals surface area contributed by atoms with Crippen molar-refractivity contribution in [3.63, 3.8) is 0 Å². The molecule has 1 amide bonds. The summed E-state index contributed by atoms with van der Waals surface area (Å²) < 4.78 is 0. The summed E-state index contributed by atoms with van der Waals surface area (Å²) in [5, 5.41) is 9.76. The molecule has 1 unspecified atom stereocenters. The van der Waals surface area contributed by atoms with Crippen molar-refractivity contribution in [2.75, 3.05) is 73.0 Å². The number of aliphatic imine (C=N–C) groups is 1. The second kappa shape index (κ2) is 8.82. The number of carbonyl (C=O) groups excluding carboxylic acids is 1. The van der Waals surface area contributed by atoms with Crippen LogP contribution in [0, 0.1) is 0 Å². The number of hydrogen-bond acceptors (Lipinski definition) is 5. The summed E-state index contributed by atoms with van der Waals surface area (Å²) in [5.41, 5.74) is 0. The van der Waals surface area contributed by atoms with Gasteiger partial charge in [-0.15, -0.1) is 0 Å². The first-order chi connectivity index (χ1) is 12.2. The van der Waals surface area contributed by atoms with Crippen molar-refractivity contribution < 1.29 is 4.79 Å². The van der Waals surface area contributed by atoms with Crippen LogP contribution in [0.5, 0.6) is 0 Å². The third-order valence-corrected chi connectivity index (χ3v) is 5.70. The van der Waals surface area contributed by atoms with E-state index in [0.29, 0.717) is 18.6 Å². The van der Waals surface area contributed by atoms with E-state index in [-0.39, 0.29) is 5.91 Å². The van der Waals surface area contributed by atoms with E-state index in [4.69, 9.17) is 0 Å². The third-order valence-electron chi connectivity index (χ3n) is 5.70. The lowest BCUT2D eigenvalue weighted by atomic mass is 10.1. The molecule has 3 N–H and O–H groups in total. The fourth-order valence-corrected chi connectivity index (χ4v) is 4.04. The molecule has 0 aromatic carbocycles. The first kappa shape index (κ1) is 18.4. The Balaban J connectivity index is 1.37. The van der Waals surface area contributed by atoms with Crippen LogP contribution in [0.2, 0.25) is 0 Å². The Morgan fingerprint density at radius 1 is 1.12 bits per heavy atom. The Kier molecular flexibility index (Phi) is 6.50. The van der Waals surface area contributed by atoms with Crippen molar-refractivity contribution in [2.24, 2.45) is 4.99 Å². The molecule has 4 rings (SSSR count). The molecule has 2 bridgehead atoms. The molecule has 142 valence electrons. The maximum Gasteiger partial charge on any atom is 0.233 e. The van der Waals surface area contributed by atoms with Crippen LogP contribution in [0.4, 0.5) is 0 Å². The number of rotatable bonds is 5. The quantitative estimate of drug-likeness (QED) is 0.408. The van der Waals surface area contributed by atoms with E-state index in [0.717, 1.165) is 38.4 Å². The molecule has 25 heavy (non-hydrogen) atoms. The first-order valence-electron chi connectivity index (χ1n) is 9.54. The molecule has 4 aliphatic heterocycles. The lowest BCUT2D eigenvalue weighted by Crippen LogP contribution is -2.64. The van der Waals surface area contributed by atoms with Crippen LogP contribution in [0.25, 0.3) is 0 Å². The second-order valence-corrected chi connectivity index (χ2v) is 7.31. The van der Waals surface area contributed by atoms with Gasteiger partial charge in [-0.3, -0.25) is 24.5 Å². The van der Waals surface area contributed by atoms with E-state index in [1.165, 1.54) is 32.7 Å². The molecule has 4 aliphatic rings. The number of hydrogen-bond donors (Lipinski definition) is 3. The molecular weight excluding hydrogens is 318 g/mol. The Bertz CT molecular complexity index is 468. The highest BCUT2D eigenvalue weighted by molar-refractivity contribution is 5.80. The predicted molar refractivity (Wildman–Crippen MR) is 99.8 cm³/mol. The highest BCUT2D eigenvalue weighted by Crippen LogP contribution is 2.15. The lowest BCUT2D eigenvalue weighted by Gasteiger charge is -2.47. The van der Waals surface area contributed by atoms with Crippen LogP contribution < -0.4 is 16.0 Å². The second-order valence-electron chi connectivity index (χ2n) is 7.31. The van der Waals surface area contributed by atoms with Crippen molar-refractivity contribution >= 4 is 11.9 Å². The van der Waals surface area contributed by atoms with Crippen LogP contribution >= 0.6 is 0 Å². The zero-order chi connectivity index (χ0) is 17.6. The average Bonchev–Trinajstić information content (AvgIpc) is 2.67. The number of nitrogens with one attached hydrogen (secondary N) is 3. The number of likely N-dealkylation sites (tertiary alicyclic amines) is 1. The number of amides is 1. The van der Waals surface area contributed by atoms with Crippen molar-refractivity contribution in [2.45, 2.75) is 24.9 Å². The molecule has 1 atom stereocenters. The fraction of sp³-hybridized carbons (Fsp3) is 0.882. The van der Waals surface area contributed by atoms with Gasteiger partial charge in [-0.05, 0) is 12.8 Å². The number of piperazine rings is 3. The molecular formula is C17H33N7O. The molecule has 0 aliphatic carbocycles. The molecule has 0 spiro atoms. The predicted octanol–water partition coefficient (Wildman–Crippen LogP) is -1.64. The van der Waals surface area contributed by atoms with Crippen LogP contribution in [0.3, 0.4) is 0 Å². The molecule has 8 heteroatoms. The first-order valence-corrected chi connectivity index (χ1v) is 9.54. The number of piperidine rings is 1. The topological polar surface area (TPSA) is 75.2 Å². The van der Waals surface area contributed by atoms with Crippen LogP contribution in [-0.4, -0.2) is 112 Å². The van der Waals surface area contributed by atoms with Gasteiger partial charge in [0.25, 0.3) is 0 Å². The standard InChI is InChI=1S/C17H33N7O/c1-18-16(25)13-22-5-3-14(4-6-22)21-17(19-2)20-11-15-12-23-7-9-24(15)10-8-23/h14-15H,3-13H2,1-2H3,(H,18,25)(H2,19,20,21). The average molecular weight is 351 g/mol. The van der Waals surface area contributed by atoms with E-state index in [2.05, 4.69) is 35.6 Å². The molecule has 0 aromatic heterocycles.